The van der Waals surface area contributed by atoms with E-state index in [2.05, 4.69) is 46.8 Å². The Morgan fingerprint density at radius 1 is 1.33 bits per heavy atom. The molecule has 0 bridgehead atoms. The average Bonchev–Trinajstić information content (AvgIpc) is 2.88. The fourth-order valence-corrected chi connectivity index (χ4v) is 4.12. The van der Waals surface area contributed by atoms with Crippen LogP contribution in [0.15, 0.2) is 15.9 Å². The van der Waals surface area contributed by atoms with Gasteiger partial charge in [-0.2, -0.15) is 0 Å². The third-order valence-electron chi connectivity index (χ3n) is 3.65. The first-order valence-corrected chi connectivity index (χ1v) is 8.90. The van der Waals surface area contributed by atoms with E-state index in [1.54, 1.807) is 25.6 Å². The van der Waals surface area contributed by atoms with Crippen LogP contribution in [0.5, 0.6) is 0 Å². The maximum absolute atomic E-state index is 6.43. The van der Waals surface area contributed by atoms with Crippen LogP contribution in [0.3, 0.4) is 0 Å². The van der Waals surface area contributed by atoms with Crippen LogP contribution in [0.2, 0.25) is 0 Å². The Morgan fingerprint density at radius 2 is 2.05 bits per heavy atom. The molecule has 0 aromatic carbocycles. The number of hydrogen-bond acceptors (Lipinski definition) is 5. The van der Waals surface area contributed by atoms with Gasteiger partial charge in [-0.1, -0.05) is 6.92 Å². The van der Waals surface area contributed by atoms with Gasteiger partial charge in [0.15, 0.2) is 0 Å². The lowest BCUT2D eigenvalue weighted by molar-refractivity contribution is 0.0389. The minimum atomic E-state index is 0.0895. The van der Waals surface area contributed by atoms with Gasteiger partial charge in [-0.3, -0.25) is 4.90 Å². The van der Waals surface area contributed by atoms with Crippen molar-refractivity contribution in [1.29, 1.82) is 0 Å². The highest BCUT2D eigenvalue weighted by Gasteiger charge is 2.30. The number of hydrogen-bond donors (Lipinski definition) is 1. The van der Waals surface area contributed by atoms with Gasteiger partial charge in [-0.15, -0.1) is 11.3 Å². The minimum absolute atomic E-state index is 0.0895. The lowest BCUT2D eigenvalue weighted by atomic mass is 10.0. The molecule has 4 nitrogen and oxygen atoms in total. The molecule has 6 heteroatoms. The van der Waals surface area contributed by atoms with Crippen molar-refractivity contribution in [3.63, 3.8) is 0 Å². The largest absolute Gasteiger partial charge is 0.383 e. The van der Waals surface area contributed by atoms with Gasteiger partial charge in [0, 0.05) is 37.7 Å². The van der Waals surface area contributed by atoms with Crippen LogP contribution in [0, 0.1) is 0 Å². The molecular formula is C15H27BrN2O2S. The number of nitrogens with two attached hydrogens (primary N) is 1. The van der Waals surface area contributed by atoms with Crippen LogP contribution in [0.4, 0.5) is 0 Å². The predicted octanol–water partition coefficient (Wildman–Crippen LogP) is 3.27. The molecule has 0 amide bonds. The standard InChI is InChI=1S/C15H27BrN2O2S/c1-5-12(17)15(13-6-7-14(16)21-13)18(8-9-19-3)11(2)10-20-4/h6-7,11-12,15H,5,8-10,17H2,1-4H3. The molecule has 0 fully saturated rings. The van der Waals surface area contributed by atoms with E-state index in [4.69, 9.17) is 15.2 Å². The van der Waals surface area contributed by atoms with Crippen molar-refractivity contribution in [2.45, 2.75) is 38.4 Å². The first-order chi connectivity index (χ1) is 10.0. The topological polar surface area (TPSA) is 47.7 Å². The van der Waals surface area contributed by atoms with E-state index in [-0.39, 0.29) is 18.1 Å². The van der Waals surface area contributed by atoms with Gasteiger partial charge in [-0.25, -0.2) is 0 Å². The van der Waals surface area contributed by atoms with E-state index in [1.165, 1.54) is 4.88 Å². The summed E-state index contributed by atoms with van der Waals surface area (Å²) in [7, 11) is 3.47. The Bertz CT molecular complexity index is 403. The van der Waals surface area contributed by atoms with E-state index in [0.29, 0.717) is 13.2 Å². The zero-order chi connectivity index (χ0) is 15.8. The number of thiophene rings is 1. The SMILES string of the molecule is CCC(N)C(c1ccc(Br)s1)N(CCOC)C(C)COC. The van der Waals surface area contributed by atoms with Crippen LogP contribution in [-0.2, 0) is 9.47 Å². The van der Waals surface area contributed by atoms with E-state index >= 15 is 0 Å². The smallest absolute Gasteiger partial charge is 0.0702 e. The predicted molar refractivity (Wildman–Crippen MR) is 92.9 cm³/mol. The van der Waals surface area contributed by atoms with E-state index in [0.717, 1.165) is 16.8 Å². The molecule has 1 rings (SSSR count). The molecule has 1 heterocycles. The molecule has 3 atom stereocenters. The molecule has 0 radical (unpaired) electrons. The molecule has 1 aromatic heterocycles. The van der Waals surface area contributed by atoms with Gasteiger partial charge >= 0.3 is 0 Å². The lowest BCUT2D eigenvalue weighted by Gasteiger charge is -2.38. The molecule has 21 heavy (non-hydrogen) atoms. The first-order valence-electron chi connectivity index (χ1n) is 7.29. The fourth-order valence-electron chi connectivity index (χ4n) is 2.50. The zero-order valence-electron chi connectivity index (χ0n) is 13.3. The Balaban J connectivity index is 3.03. The molecule has 0 aliphatic rings. The summed E-state index contributed by atoms with van der Waals surface area (Å²) in [5.74, 6) is 0. The van der Waals surface area contributed by atoms with Crippen molar-refractivity contribution < 1.29 is 9.47 Å². The Labute approximate surface area is 140 Å². The maximum atomic E-state index is 6.43. The van der Waals surface area contributed by atoms with Crippen LogP contribution in [0.25, 0.3) is 0 Å². The quantitative estimate of drug-likeness (QED) is 0.678. The summed E-state index contributed by atoms with van der Waals surface area (Å²) in [6, 6.07) is 4.81. The highest BCUT2D eigenvalue weighted by Crippen LogP contribution is 2.34. The molecule has 0 spiro atoms. The summed E-state index contributed by atoms with van der Waals surface area (Å²) in [6.07, 6.45) is 0.934. The van der Waals surface area contributed by atoms with E-state index < -0.39 is 0 Å². The second-order valence-electron chi connectivity index (χ2n) is 5.19. The first kappa shape index (κ1) is 19.1. The molecule has 122 valence electrons. The third-order valence-corrected chi connectivity index (χ3v) is 5.34. The molecular weight excluding hydrogens is 352 g/mol. The van der Waals surface area contributed by atoms with Crippen LogP contribution >= 0.6 is 27.3 Å². The van der Waals surface area contributed by atoms with Gasteiger partial charge in [0.25, 0.3) is 0 Å². The number of halogens is 1. The van der Waals surface area contributed by atoms with E-state index in [1.807, 2.05) is 0 Å². The summed E-state index contributed by atoms with van der Waals surface area (Å²) in [5.41, 5.74) is 6.43. The van der Waals surface area contributed by atoms with Gasteiger partial charge in [-0.05, 0) is 41.4 Å². The normalized spacial score (nSPS) is 16.1. The molecule has 3 unspecified atom stereocenters. The van der Waals surface area contributed by atoms with Crippen molar-refractivity contribution in [1.82, 2.24) is 4.90 Å². The second kappa shape index (κ2) is 9.92. The summed E-state index contributed by atoms with van der Waals surface area (Å²) in [4.78, 5) is 3.69. The fraction of sp³-hybridized carbons (Fsp3) is 0.733. The molecule has 1 aromatic rings. The zero-order valence-corrected chi connectivity index (χ0v) is 15.7. The van der Waals surface area contributed by atoms with Gasteiger partial charge in [0.1, 0.15) is 0 Å². The molecule has 0 saturated heterocycles. The summed E-state index contributed by atoms with van der Waals surface area (Å²) >= 11 is 5.30. The summed E-state index contributed by atoms with van der Waals surface area (Å²) < 4.78 is 11.8. The van der Waals surface area contributed by atoms with Crippen LogP contribution < -0.4 is 5.73 Å². The van der Waals surface area contributed by atoms with Gasteiger partial charge < -0.3 is 15.2 Å². The highest BCUT2D eigenvalue weighted by atomic mass is 79.9. The number of rotatable bonds is 10. The van der Waals surface area contributed by atoms with Crippen LogP contribution in [-0.4, -0.2) is 51.0 Å². The molecule has 0 saturated carbocycles. The molecule has 0 aliphatic heterocycles. The minimum Gasteiger partial charge on any atom is -0.383 e. The molecule has 0 aliphatic carbocycles. The monoisotopic (exact) mass is 378 g/mol. The number of methoxy groups -OCH3 is 2. The van der Waals surface area contributed by atoms with Gasteiger partial charge in [0.05, 0.1) is 23.0 Å². The van der Waals surface area contributed by atoms with Gasteiger partial charge in [0.2, 0.25) is 0 Å². The van der Waals surface area contributed by atoms with Crippen molar-refractivity contribution >= 4 is 27.3 Å². The van der Waals surface area contributed by atoms with Crippen molar-refractivity contribution in [3.8, 4) is 0 Å². The van der Waals surface area contributed by atoms with Crippen molar-refractivity contribution in [2.75, 3.05) is 34.0 Å². The maximum Gasteiger partial charge on any atom is 0.0702 e. The van der Waals surface area contributed by atoms with Crippen LogP contribution in [0.1, 0.15) is 31.2 Å². The third kappa shape index (κ3) is 5.62. The molecule has 2 N–H and O–H groups in total. The highest BCUT2D eigenvalue weighted by molar-refractivity contribution is 9.11. The Morgan fingerprint density at radius 3 is 2.52 bits per heavy atom. The Hall–Kier alpha value is 0.0200. The summed E-state index contributed by atoms with van der Waals surface area (Å²) in [5, 5.41) is 0. The summed E-state index contributed by atoms with van der Waals surface area (Å²) in [6.45, 7) is 6.53. The second-order valence-corrected chi connectivity index (χ2v) is 7.69. The van der Waals surface area contributed by atoms with E-state index in [9.17, 15) is 0 Å². The number of nitrogens with zero attached hydrogens (tertiary/aromatic N) is 1. The Kier molecular flexibility index (Phi) is 9.01. The lowest BCUT2D eigenvalue weighted by Crippen LogP contribution is -2.47. The van der Waals surface area contributed by atoms with Crippen molar-refractivity contribution in [3.05, 3.63) is 20.8 Å². The number of ether oxygens (including phenoxy) is 2. The average molecular weight is 379 g/mol. The van der Waals surface area contributed by atoms with Crippen molar-refractivity contribution in [2.24, 2.45) is 5.73 Å².